The first-order valence-corrected chi connectivity index (χ1v) is 8.66. The average molecular weight is 359 g/mol. The van der Waals surface area contributed by atoms with E-state index >= 15 is 0 Å². The largest absolute Gasteiger partial charge is 0.494 e. The van der Waals surface area contributed by atoms with Crippen molar-refractivity contribution in [2.45, 2.75) is 32.9 Å². The molecule has 0 aromatic heterocycles. The quantitative estimate of drug-likeness (QED) is 0.825. The van der Waals surface area contributed by atoms with Crippen LogP contribution in [0.4, 0.5) is 4.39 Å². The number of rotatable bonds is 7. The number of amides is 1. The highest BCUT2D eigenvalue weighted by Gasteiger charge is 2.22. The van der Waals surface area contributed by atoms with Gasteiger partial charge in [0, 0.05) is 24.1 Å². The van der Waals surface area contributed by atoms with Crippen molar-refractivity contribution in [2.75, 3.05) is 13.2 Å². The molecule has 2 aromatic rings. The van der Waals surface area contributed by atoms with Crippen LogP contribution in [-0.2, 0) is 17.8 Å². The van der Waals surface area contributed by atoms with E-state index < -0.39 is 5.82 Å². The van der Waals surface area contributed by atoms with Crippen LogP contribution in [0.3, 0.4) is 0 Å². The molecule has 138 valence electrons. The highest BCUT2D eigenvalue weighted by Crippen LogP contribution is 2.35. The van der Waals surface area contributed by atoms with E-state index in [9.17, 15) is 9.18 Å². The van der Waals surface area contributed by atoms with Gasteiger partial charge in [-0.3, -0.25) is 4.79 Å². The monoisotopic (exact) mass is 359 g/mol. The van der Waals surface area contributed by atoms with Gasteiger partial charge >= 0.3 is 0 Å². The van der Waals surface area contributed by atoms with E-state index in [0.717, 1.165) is 29.0 Å². The number of ether oxygens (including phenoxy) is 3. The summed E-state index contributed by atoms with van der Waals surface area (Å²) in [7, 11) is 0. The summed E-state index contributed by atoms with van der Waals surface area (Å²) in [4.78, 5) is 12.0. The first kappa shape index (κ1) is 18.0. The van der Waals surface area contributed by atoms with Crippen molar-refractivity contribution in [2.24, 2.45) is 0 Å². The molecule has 26 heavy (non-hydrogen) atoms. The zero-order valence-corrected chi connectivity index (χ0v) is 14.9. The Labute approximate surface area is 152 Å². The highest BCUT2D eigenvalue weighted by molar-refractivity contribution is 5.77. The Hall–Kier alpha value is -2.76. The van der Waals surface area contributed by atoms with Gasteiger partial charge in [-0.15, -0.1) is 0 Å². The Morgan fingerprint density at radius 3 is 2.85 bits per heavy atom. The van der Waals surface area contributed by atoms with Crippen molar-refractivity contribution in [1.82, 2.24) is 5.32 Å². The molecule has 2 aromatic carbocycles. The molecule has 1 N–H and O–H groups in total. The number of carbonyl (C=O) groups is 1. The number of hydrogen-bond acceptors (Lipinski definition) is 4. The molecule has 0 radical (unpaired) electrons. The van der Waals surface area contributed by atoms with Crippen molar-refractivity contribution in [3.8, 4) is 17.2 Å². The summed E-state index contributed by atoms with van der Waals surface area (Å²) >= 11 is 0. The molecule has 1 amide bonds. The number of benzene rings is 2. The maximum atomic E-state index is 13.5. The Bertz CT molecular complexity index is 793. The Kier molecular flexibility index (Phi) is 5.61. The molecule has 1 unspecified atom stereocenters. The van der Waals surface area contributed by atoms with Crippen LogP contribution in [0.5, 0.6) is 17.2 Å². The second kappa shape index (κ2) is 8.08. The number of halogens is 1. The van der Waals surface area contributed by atoms with Crippen LogP contribution in [0.2, 0.25) is 0 Å². The molecule has 5 nitrogen and oxygen atoms in total. The zero-order valence-electron chi connectivity index (χ0n) is 14.9. The number of carbonyl (C=O) groups excluding carboxylic acids is 1. The molecule has 1 heterocycles. The molecular formula is C20H22FNO4. The molecule has 3 rings (SSSR count). The molecule has 0 spiro atoms. The first-order chi connectivity index (χ1) is 12.6. The summed E-state index contributed by atoms with van der Waals surface area (Å²) in [6.07, 6.45) is 0.983. The van der Waals surface area contributed by atoms with Crippen molar-refractivity contribution in [3.05, 3.63) is 53.3 Å². The topological polar surface area (TPSA) is 56.8 Å². The van der Waals surface area contributed by atoms with Crippen LogP contribution in [0, 0.1) is 5.82 Å². The average Bonchev–Trinajstić information content (AvgIpc) is 2.98. The van der Waals surface area contributed by atoms with Gasteiger partial charge in [0.25, 0.3) is 5.91 Å². The molecule has 0 aliphatic carbocycles. The summed E-state index contributed by atoms with van der Waals surface area (Å²) in [5.74, 6) is 0.777. The van der Waals surface area contributed by atoms with Crippen LogP contribution >= 0.6 is 0 Å². The molecule has 0 bridgehead atoms. The van der Waals surface area contributed by atoms with Gasteiger partial charge in [-0.05, 0) is 38.1 Å². The molecule has 1 aliphatic rings. The lowest BCUT2D eigenvalue weighted by Gasteiger charge is -2.13. The van der Waals surface area contributed by atoms with E-state index in [4.69, 9.17) is 14.2 Å². The molecule has 1 aliphatic heterocycles. The van der Waals surface area contributed by atoms with Gasteiger partial charge in [-0.2, -0.15) is 0 Å². The Balaban J connectivity index is 1.61. The third-order valence-corrected chi connectivity index (χ3v) is 4.05. The summed E-state index contributed by atoms with van der Waals surface area (Å²) in [5, 5.41) is 2.77. The summed E-state index contributed by atoms with van der Waals surface area (Å²) < 4.78 is 30.2. The lowest BCUT2D eigenvalue weighted by atomic mass is 10.1. The Morgan fingerprint density at radius 2 is 2.08 bits per heavy atom. The predicted octanol–water partition coefficient (Wildman–Crippen LogP) is 3.24. The number of fused-ring (bicyclic) bond motifs is 1. The smallest absolute Gasteiger partial charge is 0.258 e. The van der Waals surface area contributed by atoms with Crippen LogP contribution in [0.1, 0.15) is 25.0 Å². The number of nitrogens with one attached hydrogen (secondary N) is 1. The first-order valence-electron chi connectivity index (χ1n) is 8.66. The standard InChI is InChI=1S/C20H22FNO4/c1-3-24-18-9-14-8-13(2)26-19(14)10-15(18)11-22-20(23)12-25-17-7-5-4-6-16(17)21/h4-7,9-10,13H,3,8,11-12H2,1-2H3,(H,22,23). The minimum Gasteiger partial charge on any atom is -0.494 e. The fraction of sp³-hybridized carbons (Fsp3) is 0.350. The van der Waals surface area contributed by atoms with Gasteiger partial charge in [0.1, 0.15) is 17.6 Å². The molecule has 0 fully saturated rings. The molecule has 0 saturated heterocycles. The van der Waals surface area contributed by atoms with E-state index in [0.29, 0.717) is 6.61 Å². The summed E-state index contributed by atoms with van der Waals surface area (Å²) in [5.41, 5.74) is 1.94. The lowest BCUT2D eigenvalue weighted by molar-refractivity contribution is -0.123. The van der Waals surface area contributed by atoms with E-state index in [1.165, 1.54) is 12.1 Å². The van der Waals surface area contributed by atoms with Crippen LogP contribution in [0.15, 0.2) is 36.4 Å². The second-order valence-corrected chi connectivity index (χ2v) is 6.13. The predicted molar refractivity (Wildman–Crippen MR) is 95.1 cm³/mol. The lowest BCUT2D eigenvalue weighted by Crippen LogP contribution is -2.28. The van der Waals surface area contributed by atoms with E-state index in [2.05, 4.69) is 5.32 Å². The third kappa shape index (κ3) is 4.25. The normalized spacial score (nSPS) is 15.1. The minimum absolute atomic E-state index is 0.0533. The van der Waals surface area contributed by atoms with E-state index in [1.807, 2.05) is 26.0 Å². The van der Waals surface area contributed by atoms with Crippen LogP contribution in [-0.4, -0.2) is 25.2 Å². The maximum absolute atomic E-state index is 13.5. The Morgan fingerprint density at radius 1 is 1.27 bits per heavy atom. The fourth-order valence-corrected chi connectivity index (χ4v) is 2.86. The van der Waals surface area contributed by atoms with Gasteiger partial charge in [0.2, 0.25) is 0 Å². The molecular weight excluding hydrogens is 337 g/mol. The number of para-hydroxylation sites is 1. The molecule has 0 saturated carbocycles. The van der Waals surface area contributed by atoms with Gasteiger partial charge in [-0.25, -0.2) is 4.39 Å². The highest BCUT2D eigenvalue weighted by atomic mass is 19.1. The van der Waals surface area contributed by atoms with Gasteiger partial charge < -0.3 is 19.5 Å². The summed E-state index contributed by atoms with van der Waals surface area (Å²) in [6.45, 7) is 4.48. The van der Waals surface area contributed by atoms with Gasteiger partial charge in [0.15, 0.2) is 18.2 Å². The van der Waals surface area contributed by atoms with Crippen LogP contribution in [0.25, 0.3) is 0 Å². The maximum Gasteiger partial charge on any atom is 0.258 e. The minimum atomic E-state index is -0.496. The van der Waals surface area contributed by atoms with Crippen LogP contribution < -0.4 is 19.5 Å². The van der Waals surface area contributed by atoms with E-state index in [1.54, 1.807) is 12.1 Å². The number of hydrogen-bond donors (Lipinski definition) is 1. The SMILES string of the molecule is CCOc1cc2c(cc1CNC(=O)COc1ccccc1F)OC(C)C2. The van der Waals surface area contributed by atoms with Crippen molar-refractivity contribution in [1.29, 1.82) is 0 Å². The van der Waals surface area contributed by atoms with Crippen molar-refractivity contribution >= 4 is 5.91 Å². The van der Waals surface area contributed by atoms with Gasteiger partial charge in [0.05, 0.1) is 6.61 Å². The fourth-order valence-electron chi connectivity index (χ4n) is 2.86. The zero-order chi connectivity index (χ0) is 18.5. The van der Waals surface area contributed by atoms with Gasteiger partial charge in [-0.1, -0.05) is 12.1 Å². The second-order valence-electron chi connectivity index (χ2n) is 6.13. The summed E-state index contributed by atoms with van der Waals surface area (Å²) in [6, 6.07) is 9.86. The van der Waals surface area contributed by atoms with Crippen molar-refractivity contribution in [3.63, 3.8) is 0 Å². The molecule has 6 heteroatoms. The van der Waals surface area contributed by atoms with E-state index in [-0.39, 0.29) is 30.9 Å². The third-order valence-electron chi connectivity index (χ3n) is 4.05. The molecule has 1 atom stereocenters. The van der Waals surface area contributed by atoms with Crippen molar-refractivity contribution < 1.29 is 23.4 Å².